The van der Waals surface area contributed by atoms with Gasteiger partial charge in [-0.2, -0.15) is 4.39 Å². The molecule has 3 rings (SSSR count). The Bertz CT molecular complexity index is 815. The summed E-state index contributed by atoms with van der Waals surface area (Å²) in [6, 6.07) is 7.67. The van der Waals surface area contributed by atoms with Gasteiger partial charge in [-0.15, -0.1) is 0 Å². The van der Waals surface area contributed by atoms with E-state index >= 15 is 0 Å². The van der Waals surface area contributed by atoms with E-state index in [9.17, 15) is 9.18 Å². The second-order valence-electron chi connectivity index (χ2n) is 6.95. The smallest absolute Gasteiger partial charge is 0.250 e. The molecule has 1 atom stereocenters. The number of amides is 1. The van der Waals surface area contributed by atoms with Crippen LogP contribution < -0.4 is 16.4 Å². The highest BCUT2D eigenvalue weighted by Crippen LogP contribution is 2.31. The third-order valence-electron chi connectivity index (χ3n) is 5.00. The monoisotopic (exact) mass is 354 g/mol. The average molecular weight is 354 g/mol. The van der Waals surface area contributed by atoms with Crippen LogP contribution in [0.5, 0.6) is 0 Å². The Kier molecular flexibility index (Phi) is 5.04. The minimum Gasteiger partial charge on any atom is -0.366 e. The fourth-order valence-corrected chi connectivity index (χ4v) is 3.39. The number of hydrogen-bond donors (Lipinski definition) is 4. The number of anilines is 1. The predicted molar refractivity (Wildman–Crippen MR) is 102 cm³/mol. The maximum Gasteiger partial charge on any atom is 0.250 e. The lowest BCUT2D eigenvalue weighted by Crippen LogP contribution is -2.41. The highest BCUT2D eigenvalue weighted by Gasteiger charge is 2.28. The van der Waals surface area contributed by atoms with Crippen LogP contribution in [0.4, 0.5) is 10.1 Å². The molecule has 1 saturated heterocycles. The first-order chi connectivity index (χ1) is 12.4. The Hall–Kier alpha value is -2.73. The van der Waals surface area contributed by atoms with Crippen LogP contribution in [-0.4, -0.2) is 24.7 Å². The number of nitrogens with one attached hydrogen (secondary N) is 3. The second-order valence-corrected chi connectivity index (χ2v) is 6.95. The molecule has 0 radical (unpaired) electrons. The fourth-order valence-electron chi connectivity index (χ4n) is 3.39. The maximum atomic E-state index is 14.6. The van der Waals surface area contributed by atoms with Crippen LogP contribution in [0, 0.1) is 5.41 Å². The quantitative estimate of drug-likeness (QED) is 0.627. The molecule has 26 heavy (non-hydrogen) atoms. The van der Waals surface area contributed by atoms with E-state index in [-0.39, 0.29) is 22.3 Å². The average Bonchev–Trinajstić information content (AvgIpc) is 2.62. The van der Waals surface area contributed by atoms with Gasteiger partial charge in [0.15, 0.2) is 0 Å². The van der Waals surface area contributed by atoms with Crippen LogP contribution in [0.15, 0.2) is 59.6 Å². The van der Waals surface area contributed by atoms with Crippen LogP contribution in [0.1, 0.15) is 25.3 Å². The Labute approximate surface area is 152 Å². The van der Waals surface area contributed by atoms with Crippen molar-refractivity contribution in [2.24, 2.45) is 5.73 Å². The molecule has 5 N–H and O–H groups in total. The van der Waals surface area contributed by atoms with Crippen LogP contribution in [0.25, 0.3) is 0 Å². The lowest BCUT2D eigenvalue weighted by molar-refractivity contribution is -0.114. The first-order valence-electron chi connectivity index (χ1n) is 8.66. The summed E-state index contributed by atoms with van der Waals surface area (Å²) in [6.07, 6.45) is 6.63. The zero-order valence-electron chi connectivity index (χ0n) is 14.7. The zero-order chi connectivity index (χ0) is 18.7. The number of allylic oxidation sites excluding steroid dienone is 4. The van der Waals surface area contributed by atoms with E-state index in [1.54, 1.807) is 0 Å². The molecule has 2 aliphatic rings. The molecule has 1 heterocycles. The van der Waals surface area contributed by atoms with Crippen molar-refractivity contribution in [1.82, 2.24) is 5.32 Å². The van der Waals surface area contributed by atoms with Gasteiger partial charge in [-0.25, -0.2) is 0 Å². The molecular weight excluding hydrogens is 331 g/mol. The first kappa shape index (κ1) is 18.1. The summed E-state index contributed by atoms with van der Waals surface area (Å²) in [5.41, 5.74) is 6.89. The van der Waals surface area contributed by atoms with Gasteiger partial charge in [0.2, 0.25) is 5.95 Å². The van der Waals surface area contributed by atoms with E-state index in [0.717, 1.165) is 25.9 Å². The molecule has 1 aliphatic heterocycles. The summed E-state index contributed by atoms with van der Waals surface area (Å²) in [5, 5.41) is 14.1. The first-order valence-corrected chi connectivity index (χ1v) is 8.66. The minimum atomic E-state index is -0.747. The summed E-state index contributed by atoms with van der Waals surface area (Å²) >= 11 is 0. The fraction of sp³-hybridized carbons (Fsp3) is 0.300. The van der Waals surface area contributed by atoms with Crippen LogP contribution in [0.3, 0.4) is 0 Å². The van der Waals surface area contributed by atoms with Gasteiger partial charge in [-0.05, 0) is 49.2 Å². The largest absolute Gasteiger partial charge is 0.366 e. The van der Waals surface area contributed by atoms with Crippen molar-refractivity contribution >= 4 is 17.3 Å². The SMILES string of the molecule is CC1(c2ccc(N/C(F)=C3/C=CC=C(C(N)=O)C3=N)cc2)CCCNC1. The summed E-state index contributed by atoms with van der Waals surface area (Å²) in [5.74, 6) is -1.43. The van der Waals surface area contributed by atoms with Crippen molar-refractivity contribution in [1.29, 1.82) is 5.41 Å². The molecule has 1 aromatic carbocycles. The van der Waals surface area contributed by atoms with Crippen molar-refractivity contribution in [3.63, 3.8) is 0 Å². The Balaban J connectivity index is 1.77. The topological polar surface area (TPSA) is 91.0 Å². The van der Waals surface area contributed by atoms with Gasteiger partial charge in [-0.3, -0.25) is 10.2 Å². The molecule has 1 aliphatic carbocycles. The molecule has 136 valence electrons. The van der Waals surface area contributed by atoms with Gasteiger partial charge >= 0.3 is 0 Å². The van der Waals surface area contributed by atoms with Crippen molar-refractivity contribution in [2.45, 2.75) is 25.2 Å². The standard InChI is InChI=1S/C20H23FN4O/c1-20(10-3-11-24-12-20)13-6-8-14(9-7-13)25-18(21)15-4-2-5-16(17(15)22)19(23)26/h2,4-9,22,24-25H,3,10-12H2,1H3,(H2,23,26)/b18-15-,22-17?. The lowest BCUT2D eigenvalue weighted by atomic mass is 9.76. The summed E-state index contributed by atoms with van der Waals surface area (Å²) in [6.45, 7) is 4.22. The Morgan fingerprint density at radius 2 is 2.08 bits per heavy atom. The highest BCUT2D eigenvalue weighted by molar-refractivity contribution is 6.28. The number of benzene rings is 1. The molecule has 0 bridgehead atoms. The molecule has 0 aromatic heterocycles. The van der Waals surface area contributed by atoms with E-state index in [0.29, 0.717) is 5.69 Å². The summed E-state index contributed by atoms with van der Waals surface area (Å²) in [4.78, 5) is 11.3. The molecule has 5 nitrogen and oxygen atoms in total. The van der Waals surface area contributed by atoms with Gasteiger partial charge in [0.25, 0.3) is 5.91 Å². The van der Waals surface area contributed by atoms with Crippen molar-refractivity contribution in [2.75, 3.05) is 18.4 Å². The Morgan fingerprint density at radius 1 is 1.35 bits per heavy atom. The molecule has 0 saturated carbocycles. The van der Waals surface area contributed by atoms with Gasteiger partial charge in [-0.1, -0.05) is 25.1 Å². The number of nitrogens with two attached hydrogens (primary N) is 1. The molecule has 1 fully saturated rings. The van der Waals surface area contributed by atoms with Crippen molar-refractivity contribution < 1.29 is 9.18 Å². The number of halogens is 1. The molecule has 6 heteroatoms. The third-order valence-corrected chi connectivity index (χ3v) is 5.00. The lowest BCUT2D eigenvalue weighted by Gasteiger charge is -2.34. The van der Waals surface area contributed by atoms with Crippen LogP contribution >= 0.6 is 0 Å². The van der Waals surface area contributed by atoms with Crippen molar-refractivity contribution in [3.8, 4) is 0 Å². The van der Waals surface area contributed by atoms with E-state index in [1.807, 2.05) is 24.3 Å². The molecule has 0 spiro atoms. The third kappa shape index (κ3) is 3.60. The summed E-state index contributed by atoms with van der Waals surface area (Å²) in [7, 11) is 0. The number of carbonyl (C=O) groups excluding carboxylic acids is 1. The normalized spacial score (nSPS) is 24.8. The van der Waals surface area contributed by atoms with Crippen LogP contribution in [-0.2, 0) is 10.2 Å². The van der Waals surface area contributed by atoms with E-state index in [2.05, 4.69) is 17.6 Å². The number of primary amides is 1. The number of piperidine rings is 1. The van der Waals surface area contributed by atoms with Crippen molar-refractivity contribution in [3.05, 3.63) is 65.2 Å². The van der Waals surface area contributed by atoms with Gasteiger partial charge < -0.3 is 16.4 Å². The second kappa shape index (κ2) is 7.25. The zero-order valence-corrected chi connectivity index (χ0v) is 14.7. The van der Waals surface area contributed by atoms with Gasteiger partial charge in [0, 0.05) is 17.6 Å². The van der Waals surface area contributed by atoms with E-state index in [1.165, 1.54) is 23.8 Å². The molecule has 1 unspecified atom stereocenters. The Morgan fingerprint density at radius 3 is 2.69 bits per heavy atom. The number of rotatable bonds is 4. The number of carbonyl (C=O) groups is 1. The highest BCUT2D eigenvalue weighted by atomic mass is 19.1. The van der Waals surface area contributed by atoms with Crippen LogP contribution in [0.2, 0.25) is 0 Å². The maximum absolute atomic E-state index is 14.6. The van der Waals surface area contributed by atoms with E-state index in [4.69, 9.17) is 11.1 Å². The van der Waals surface area contributed by atoms with E-state index < -0.39 is 11.9 Å². The molecule has 1 aromatic rings. The molecular formula is C20H23FN4O. The summed E-state index contributed by atoms with van der Waals surface area (Å²) < 4.78 is 14.6. The van der Waals surface area contributed by atoms with Gasteiger partial charge in [0.05, 0.1) is 16.9 Å². The molecule has 1 amide bonds. The van der Waals surface area contributed by atoms with Gasteiger partial charge in [0.1, 0.15) is 0 Å². The minimum absolute atomic E-state index is 0.00692. The predicted octanol–water partition coefficient (Wildman–Crippen LogP) is 2.92. The number of hydrogen-bond acceptors (Lipinski definition) is 4.